The smallest absolute Gasteiger partial charge is 0.161 e. The fraction of sp³-hybridized carbons (Fsp3) is 0.200. The molecule has 0 fully saturated rings. The van der Waals surface area contributed by atoms with E-state index in [4.69, 9.17) is 21.1 Å². The van der Waals surface area contributed by atoms with Crippen LogP contribution in [0.3, 0.4) is 0 Å². The van der Waals surface area contributed by atoms with Gasteiger partial charge in [0.25, 0.3) is 0 Å². The summed E-state index contributed by atoms with van der Waals surface area (Å²) in [5.74, 6) is 1.34. The highest BCUT2D eigenvalue weighted by atomic mass is 127. The summed E-state index contributed by atoms with van der Waals surface area (Å²) in [4.78, 5) is 0. The first-order valence-electron chi connectivity index (χ1n) is 5.88. The Hall–Kier alpha value is -0.460. The first-order valence-corrected chi connectivity index (χ1v) is 8.19. The van der Waals surface area contributed by atoms with Crippen LogP contribution in [-0.4, -0.2) is 14.2 Å². The van der Waals surface area contributed by atoms with Crippen LogP contribution in [-0.2, 0) is 0 Å². The van der Waals surface area contributed by atoms with Crippen LogP contribution in [0.2, 0.25) is 0 Å². The number of alkyl halides is 1. The lowest BCUT2D eigenvalue weighted by atomic mass is 10.0. The molecule has 106 valence electrons. The Bertz CT molecular complexity index is 619. The molecule has 0 aromatic heterocycles. The van der Waals surface area contributed by atoms with Crippen LogP contribution in [0.15, 0.2) is 40.9 Å². The zero-order chi connectivity index (χ0) is 14.7. The zero-order valence-corrected chi connectivity index (χ0v) is 15.5. The molecule has 20 heavy (non-hydrogen) atoms. The molecule has 0 spiro atoms. The number of hydrogen-bond acceptors (Lipinski definition) is 2. The summed E-state index contributed by atoms with van der Waals surface area (Å²) in [5.41, 5.74) is 2.02. The summed E-state index contributed by atoms with van der Waals surface area (Å²) in [6, 6.07) is 11.8. The number of ether oxygens (including phenoxy) is 2. The second kappa shape index (κ2) is 7.00. The first-order chi connectivity index (χ1) is 9.58. The normalized spacial score (nSPS) is 12.1. The summed E-state index contributed by atoms with van der Waals surface area (Å²) in [6.45, 7) is 0. The van der Waals surface area contributed by atoms with Crippen LogP contribution in [0.25, 0.3) is 0 Å². The highest BCUT2D eigenvalue weighted by molar-refractivity contribution is 14.1. The van der Waals surface area contributed by atoms with Crippen LogP contribution >= 0.6 is 50.1 Å². The van der Waals surface area contributed by atoms with Crippen LogP contribution < -0.4 is 9.47 Å². The minimum Gasteiger partial charge on any atom is -0.493 e. The number of rotatable bonds is 4. The molecule has 0 heterocycles. The Morgan fingerprint density at radius 2 is 1.65 bits per heavy atom. The molecule has 0 radical (unpaired) electrons. The fourth-order valence-corrected chi connectivity index (χ4v) is 3.85. The molecular weight excluding hydrogens is 454 g/mol. The number of methoxy groups -OCH3 is 2. The molecular formula is C15H13BrClIO2. The second-order valence-corrected chi connectivity index (χ2v) is 6.57. The van der Waals surface area contributed by atoms with Crippen molar-refractivity contribution in [1.82, 2.24) is 0 Å². The van der Waals surface area contributed by atoms with Crippen molar-refractivity contribution in [2.75, 3.05) is 14.2 Å². The zero-order valence-electron chi connectivity index (χ0n) is 11.0. The van der Waals surface area contributed by atoms with Gasteiger partial charge in [-0.3, -0.25) is 0 Å². The lowest BCUT2D eigenvalue weighted by Crippen LogP contribution is -1.99. The molecule has 0 aliphatic heterocycles. The number of hydrogen-bond donors (Lipinski definition) is 0. The minimum absolute atomic E-state index is 0.253. The molecule has 2 aromatic rings. The van der Waals surface area contributed by atoms with Crippen molar-refractivity contribution in [1.29, 1.82) is 0 Å². The van der Waals surface area contributed by atoms with Gasteiger partial charge in [0.2, 0.25) is 0 Å². The number of benzene rings is 2. The maximum atomic E-state index is 6.64. The monoisotopic (exact) mass is 466 g/mol. The molecule has 0 bridgehead atoms. The van der Waals surface area contributed by atoms with Crippen molar-refractivity contribution in [3.05, 3.63) is 55.6 Å². The molecule has 0 aliphatic carbocycles. The molecule has 0 aliphatic rings. The highest BCUT2D eigenvalue weighted by Gasteiger charge is 2.19. The van der Waals surface area contributed by atoms with E-state index < -0.39 is 0 Å². The van der Waals surface area contributed by atoms with E-state index in [2.05, 4.69) is 38.5 Å². The van der Waals surface area contributed by atoms with Crippen LogP contribution in [0.5, 0.6) is 11.5 Å². The van der Waals surface area contributed by atoms with Crippen molar-refractivity contribution >= 4 is 50.1 Å². The molecule has 1 unspecified atom stereocenters. The average molecular weight is 468 g/mol. The SMILES string of the molecule is COc1cc(Br)c(C(Cl)c2ccccc2I)cc1OC. The van der Waals surface area contributed by atoms with Crippen LogP contribution in [0.4, 0.5) is 0 Å². The molecule has 0 amide bonds. The third-order valence-electron chi connectivity index (χ3n) is 2.95. The topological polar surface area (TPSA) is 18.5 Å². The first kappa shape index (κ1) is 15.9. The third-order valence-corrected chi connectivity index (χ3v) is 5.09. The van der Waals surface area contributed by atoms with E-state index in [0.29, 0.717) is 11.5 Å². The molecule has 2 aromatic carbocycles. The predicted octanol–water partition coefficient (Wildman–Crippen LogP) is 5.40. The fourth-order valence-electron chi connectivity index (χ4n) is 1.91. The summed E-state index contributed by atoms with van der Waals surface area (Å²) in [7, 11) is 3.23. The molecule has 0 saturated heterocycles. The van der Waals surface area contributed by atoms with Gasteiger partial charge in [0, 0.05) is 8.04 Å². The molecule has 2 rings (SSSR count). The highest BCUT2D eigenvalue weighted by Crippen LogP contribution is 2.41. The van der Waals surface area contributed by atoms with Gasteiger partial charge in [-0.15, -0.1) is 11.6 Å². The predicted molar refractivity (Wildman–Crippen MR) is 94.1 cm³/mol. The van der Waals surface area contributed by atoms with E-state index in [1.807, 2.05) is 36.4 Å². The lowest BCUT2D eigenvalue weighted by Gasteiger charge is -2.17. The Labute approximate surface area is 145 Å². The summed E-state index contributed by atoms with van der Waals surface area (Å²) in [6.07, 6.45) is 0. The van der Waals surface area contributed by atoms with Crippen molar-refractivity contribution in [3.63, 3.8) is 0 Å². The Kier molecular flexibility index (Phi) is 5.57. The largest absolute Gasteiger partial charge is 0.493 e. The maximum Gasteiger partial charge on any atom is 0.161 e. The van der Waals surface area contributed by atoms with Crippen molar-refractivity contribution < 1.29 is 9.47 Å². The summed E-state index contributed by atoms with van der Waals surface area (Å²) >= 11 is 12.5. The molecule has 0 saturated carbocycles. The summed E-state index contributed by atoms with van der Waals surface area (Å²) < 4.78 is 12.7. The Morgan fingerprint density at radius 3 is 2.25 bits per heavy atom. The van der Waals surface area contributed by atoms with Crippen molar-refractivity contribution in [3.8, 4) is 11.5 Å². The van der Waals surface area contributed by atoms with E-state index >= 15 is 0 Å². The third kappa shape index (κ3) is 3.23. The second-order valence-electron chi connectivity index (χ2n) is 4.11. The van der Waals surface area contributed by atoms with Gasteiger partial charge in [0.15, 0.2) is 11.5 Å². The molecule has 0 N–H and O–H groups in total. The number of halogens is 3. The standard InChI is InChI=1S/C15H13BrClIO2/c1-19-13-7-10(11(16)8-14(13)20-2)15(17)9-5-3-4-6-12(9)18/h3-8,15H,1-2H3. The van der Waals surface area contributed by atoms with Gasteiger partial charge in [0.05, 0.1) is 19.6 Å². The van der Waals surface area contributed by atoms with Crippen molar-refractivity contribution in [2.24, 2.45) is 0 Å². The van der Waals surface area contributed by atoms with E-state index in [1.54, 1.807) is 14.2 Å². The Morgan fingerprint density at radius 1 is 1.05 bits per heavy atom. The van der Waals surface area contributed by atoms with Gasteiger partial charge in [-0.25, -0.2) is 0 Å². The average Bonchev–Trinajstić information content (AvgIpc) is 2.46. The Balaban J connectivity index is 2.50. The van der Waals surface area contributed by atoms with Crippen LogP contribution in [0, 0.1) is 3.57 Å². The van der Waals surface area contributed by atoms with E-state index in [-0.39, 0.29) is 5.38 Å². The molecule has 2 nitrogen and oxygen atoms in total. The summed E-state index contributed by atoms with van der Waals surface area (Å²) in [5, 5.41) is -0.253. The minimum atomic E-state index is -0.253. The molecule has 5 heteroatoms. The van der Waals surface area contributed by atoms with Crippen LogP contribution in [0.1, 0.15) is 16.5 Å². The van der Waals surface area contributed by atoms with Gasteiger partial charge in [0.1, 0.15) is 0 Å². The van der Waals surface area contributed by atoms with Gasteiger partial charge >= 0.3 is 0 Å². The van der Waals surface area contributed by atoms with Gasteiger partial charge in [-0.1, -0.05) is 34.1 Å². The van der Waals surface area contributed by atoms with Gasteiger partial charge < -0.3 is 9.47 Å². The van der Waals surface area contributed by atoms with Crippen molar-refractivity contribution in [2.45, 2.75) is 5.38 Å². The molecule has 1 atom stereocenters. The van der Waals surface area contributed by atoms with E-state index in [0.717, 1.165) is 19.2 Å². The maximum absolute atomic E-state index is 6.64. The van der Waals surface area contributed by atoms with Gasteiger partial charge in [-0.05, 0) is 51.9 Å². The van der Waals surface area contributed by atoms with E-state index in [9.17, 15) is 0 Å². The quantitative estimate of drug-likeness (QED) is 0.443. The van der Waals surface area contributed by atoms with Gasteiger partial charge in [-0.2, -0.15) is 0 Å². The van der Waals surface area contributed by atoms with E-state index in [1.165, 1.54) is 0 Å². The lowest BCUT2D eigenvalue weighted by molar-refractivity contribution is 0.354.